The van der Waals surface area contributed by atoms with Gasteiger partial charge in [-0.05, 0) is 138 Å². The molecule has 1 aliphatic heterocycles. The van der Waals surface area contributed by atoms with E-state index in [0.29, 0.717) is 51.1 Å². The van der Waals surface area contributed by atoms with Gasteiger partial charge >= 0.3 is 6.09 Å². The average molecular weight is 698 g/mol. The van der Waals surface area contributed by atoms with E-state index in [1.165, 1.54) is 11.1 Å². The third kappa shape index (κ3) is 7.13. The first-order valence-electron chi connectivity index (χ1n) is 19.0. The summed E-state index contributed by atoms with van der Waals surface area (Å²) in [6.45, 7) is 10.4. The van der Waals surface area contributed by atoms with Crippen molar-refractivity contribution < 1.29 is 24.2 Å². The Bertz CT molecular complexity index is 1710. The molecule has 5 aliphatic rings. The van der Waals surface area contributed by atoms with Crippen LogP contribution in [-0.4, -0.2) is 76.2 Å². The van der Waals surface area contributed by atoms with Gasteiger partial charge in [-0.15, -0.1) is 0 Å². The summed E-state index contributed by atoms with van der Waals surface area (Å²) in [5.74, 6) is 1.76. The molecule has 4 saturated carbocycles. The molecule has 2 amide bonds. The van der Waals surface area contributed by atoms with Crippen LogP contribution in [0.25, 0.3) is 11.1 Å². The van der Waals surface area contributed by atoms with Crippen molar-refractivity contribution in [3.05, 3.63) is 60.0 Å². The lowest BCUT2D eigenvalue weighted by atomic mass is 9.51. The molecule has 2 bridgehead atoms. The number of rotatable bonds is 9. The first kappa shape index (κ1) is 35.5. The minimum absolute atomic E-state index is 0.0457. The Morgan fingerprint density at radius 2 is 1.69 bits per heavy atom. The number of hydrogen-bond acceptors (Lipinski definition) is 7. The van der Waals surface area contributed by atoms with Crippen LogP contribution in [0.1, 0.15) is 96.1 Å². The van der Waals surface area contributed by atoms with Crippen LogP contribution in [0.2, 0.25) is 0 Å². The van der Waals surface area contributed by atoms with Crippen molar-refractivity contribution in [2.45, 2.75) is 109 Å². The molecule has 8 rings (SSSR count). The molecule has 3 heterocycles. The van der Waals surface area contributed by atoms with Gasteiger partial charge in [0.2, 0.25) is 5.91 Å². The Labute approximate surface area is 302 Å². The van der Waals surface area contributed by atoms with Crippen LogP contribution in [0.3, 0.4) is 0 Å². The fraction of sp³-hybridized carbons (Fsp3) is 0.610. The fourth-order valence-electron chi connectivity index (χ4n) is 9.03. The predicted molar refractivity (Wildman–Crippen MR) is 197 cm³/mol. The maximum absolute atomic E-state index is 14.7. The van der Waals surface area contributed by atoms with Crippen LogP contribution in [-0.2, 0) is 20.5 Å². The van der Waals surface area contributed by atoms with E-state index in [1.54, 1.807) is 12.0 Å². The van der Waals surface area contributed by atoms with E-state index in [1.807, 2.05) is 28.0 Å². The zero-order valence-corrected chi connectivity index (χ0v) is 31.1. The summed E-state index contributed by atoms with van der Waals surface area (Å²) in [7, 11) is 1.73. The largest absolute Gasteiger partial charge is 0.496 e. The lowest BCUT2D eigenvalue weighted by Gasteiger charge is -2.55. The minimum Gasteiger partial charge on any atom is -0.496 e. The number of carbonyl (C=O) groups is 2. The maximum atomic E-state index is 14.7. The topological polar surface area (TPSA) is 110 Å². The Balaban J connectivity index is 1.09. The van der Waals surface area contributed by atoms with Crippen molar-refractivity contribution in [1.82, 2.24) is 19.7 Å². The van der Waals surface area contributed by atoms with Crippen LogP contribution in [0.5, 0.6) is 5.75 Å². The summed E-state index contributed by atoms with van der Waals surface area (Å²) in [6.07, 6.45) is 14.6. The molecule has 51 heavy (non-hydrogen) atoms. The summed E-state index contributed by atoms with van der Waals surface area (Å²) in [5, 5.41) is 13.9. The number of amides is 2. The maximum Gasteiger partial charge on any atom is 0.410 e. The van der Waals surface area contributed by atoms with Gasteiger partial charge in [0.05, 0.1) is 18.8 Å². The summed E-state index contributed by atoms with van der Waals surface area (Å²) >= 11 is 0. The molecule has 0 atom stereocenters. The fourth-order valence-corrected chi connectivity index (χ4v) is 9.03. The summed E-state index contributed by atoms with van der Waals surface area (Å²) < 4.78 is 13.4. The van der Waals surface area contributed by atoms with E-state index >= 15 is 0 Å². The highest BCUT2D eigenvalue weighted by atomic mass is 16.6. The Hall–Kier alpha value is -3.92. The van der Waals surface area contributed by atoms with Crippen molar-refractivity contribution >= 4 is 17.8 Å². The highest BCUT2D eigenvalue weighted by Gasteiger charge is 2.51. The van der Waals surface area contributed by atoms with Gasteiger partial charge in [0.1, 0.15) is 17.7 Å². The number of benzene rings is 1. The molecule has 10 heteroatoms. The number of aromatic nitrogens is 3. The number of pyridine rings is 1. The second-order valence-electron chi connectivity index (χ2n) is 16.9. The van der Waals surface area contributed by atoms with E-state index < -0.39 is 0 Å². The quantitative estimate of drug-likeness (QED) is 0.251. The van der Waals surface area contributed by atoms with Crippen molar-refractivity contribution in [2.24, 2.45) is 17.3 Å². The number of aliphatic hydroxyl groups is 1. The molecule has 1 aromatic carbocycles. The number of carbonyl (C=O) groups excluding carboxylic acids is 2. The van der Waals surface area contributed by atoms with E-state index in [0.717, 1.165) is 55.4 Å². The first-order chi connectivity index (χ1) is 24.4. The second kappa shape index (κ2) is 13.9. The number of methoxy groups -OCH3 is 1. The first-order valence-corrected chi connectivity index (χ1v) is 19.0. The highest BCUT2D eigenvalue weighted by molar-refractivity contribution is 5.95. The average Bonchev–Trinajstić information content (AvgIpc) is 3.63. The van der Waals surface area contributed by atoms with Gasteiger partial charge in [-0.2, -0.15) is 5.10 Å². The van der Waals surface area contributed by atoms with E-state index in [2.05, 4.69) is 63.3 Å². The zero-order chi connectivity index (χ0) is 36.0. The van der Waals surface area contributed by atoms with Crippen LogP contribution >= 0.6 is 0 Å². The lowest BCUT2D eigenvalue weighted by Crippen LogP contribution is -2.52. The van der Waals surface area contributed by atoms with Gasteiger partial charge in [0.25, 0.3) is 0 Å². The Kier molecular flexibility index (Phi) is 9.67. The van der Waals surface area contributed by atoms with Crippen molar-refractivity contribution in [3.8, 4) is 16.9 Å². The molecule has 3 aromatic rings. The number of aryl methyl sites for hydroxylation is 1. The molecule has 274 valence electrons. The molecule has 10 nitrogen and oxygen atoms in total. The standard InChI is InChI=1S/C41H55N5O5/c1-28-20-33(8-11-35(28)50-5)41-16-13-40(14-17-41,15-18-41)27-45(36-21-31(12-19-42-36)32-22-43-46(25-32)39(2,3)4)37(48)30-6-9-34(10-7-30)51-38(49)44-23-29(24-44)26-47/h8,11-12,19-22,25,29-30,34,47H,6-7,9-10,13-18,23-24,26-27H2,1-5H3/t30-,34-,40-,41-. The Morgan fingerprint density at radius 3 is 2.29 bits per heavy atom. The lowest BCUT2D eigenvalue weighted by molar-refractivity contribution is -0.124. The van der Waals surface area contributed by atoms with Gasteiger partial charge in [0, 0.05) is 56.0 Å². The Morgan fingerprint density at radius 1 is 0.980 bits per heavy atom. The molecule has 1 N–H and O–H groups in total. The van der Waals surface area contributed by atoms with Gasteiger partial charge in [-0.1, -0.05) is 12.1 Å². The summed E-state index contributed by atoms with van der Waals surface area (Å²) in [5.41, 5.74) is 4.70. The number of anilines is 1. The normalized spacial score (nSPS) is 26.4. The number of ether oxygens (including phenoxy) is 2. The molecular formula is C41H55N5O5. The molecule has 0 spiro atoms. The van der Waals surface area contributed by atoms with E-state index in [-0.39, 0.29) is 52.9 Å². The minimum atomic E-state index is -0.304. The number of aliphatic hydroxyl groups excluding tert-OH is 1. The van der Waals surface area contributed by atoms with Crippen LogP contribution in [0.15, 0.2) is 48.9 Å². The summed E-state index contributed by atoms with van der Waals surface area (Å²) in [6, 6.07) is 10.8. The molecular weight excluding hydrogens is 642 g/mol. The van der Waals surface area contributed by atoms with Crippen molar-refractivity contribution in [3.63, 3.8) is 0 Å². The predicted octanol–water partition coefficient (Wildman–Crippen LogP) is 7.26. The molecule has 0 radical (unpaired) electrons. The molecule has 5 fully saturated rings. The smallest absolute Gasteiger partial charge is 0.410 e. The second-order valence-corrected chi connectivity index (χ2v) is 16.9. The number of nitrogens with zero attached hydrogens (tertiary/aromatic N) is 5. The zero-order valence-electron chi connectivity index (χ0n) is 31.1. The van der Waals surface area contributed by atoms with E-state index in [4.69, 9.17) is 14.5 Å². The summed E-state index contributed by atoms with van der Waals surface area (Å²) in [4.78, 5) is 35.8. The monoisotopic (exact) mass is 697 g/mol. The number of hydrogen-bond donors (Lipinski definition) is 1. The number of fused-ring (bicyclic) bond motifs is 3. The van der Waals surface area contributed by atoms with Gasteiger partial charge < -0.3 is 19.5 Å². The van der Waals surface area contributed by atoms with Crippen LogP contribution < -0.4 is 9.64 Å². The third-order valence-electron chi connectivity index (χ3n) is 12.6. The van der Waals surface area contributed by atoms with Gasteiger partial charge in [-0.3, -0.25) is 14.4 Å². The molecule has 2 aromatic heterocycles. The molecule has 0 unspecified atom stereocenters. The van der Waals surface area contributed by atoms with Gasteiger partial charge in [0.15, 0.2) is 0 Å². The number of likely N-dealkylation sites (tertiary alicyclic amines) is 1. The van der Waals surface area contributed by atoms with Crippen molar-refractivity contribution in [2.75, 3.05) is 38.3 Å². The third-order valence-corrected chi connectivity index (χ3v) is 12.6. The van der Waals surface area contributed by atoms with Crippen molar-refractivity contribution in [1.29, 1.82) is 0 Å². The molecule has 4 aliphatic carbocycles. The van der Waals surface area contributed by atoms with Crippen LogP contribution in [0.4, 0.5) is 10.6 Å². The van der Waals surface area contributed by atoms with Gasteiger partial charge in [-0.25, -0.2) is 9.78 Å². The highest BCUT2D eigenvalue weighted by Crippen LogP contribution is 2.58. The molecule has 1 saturated heterocycles. The van der Waals surface area contributed by atoms with E-state index in [9.17, 15) is 14.7 Å². The van der Waals surface area contributed by atoms with Crippen LogP contribution in [0, 0.1) is 24.2 Å². The SMILES string of the molecule is COc1ccc([C@]23CC[C@@](CN(c4cc(-c5cnn(C(C)(C)C)c5)ccn4)C(=O)[C@H]4CC[C@H](OC(=O)N5CC(CO)C5)CC4)(CC2)CC3)cc1C.